The van der Waals surface area contributed by atoms with Gasteiger partial charge < -0.3 is 10.1 Å². The molecular weight excluding hydrogens is 304 g/mol. The first kappa shape index (κ1) is 14.0. The number of nitrogens with one attached hydrogen (secondary N) is 1. The maximum Gasteiger partial charge on any atom is 0.119 e. The zero-order valence-electron chi connectivity index (χ0n) is 10.9. The van der Waals surface area contributed by atoms with E-state index in [-0.39, 0.29) is 0 Å². The van der Waals surface area contributed by atoms with Crippen LogP contribution in [0.25, 0.3) is 0 Å². The number of benzene rings is 1. The quantitative estimate of drug-likeness (QED) is 0.829. The predicted octanol–water partition coefficient (Wildman–Crippen LogP) is 3.32. The molecule has 4 heteroatoms. The van der Waals surface area contributed by atoms with Crippen LogP contribution in [0.5, 0.6) is 5.75 Å². The van der Waals surface area contributed by atoms with E-state index in [0.29, 0.717) is 6.61 Å². The van der Waals surface area contributed by atoms with Crippen LogP contribution in [0, 0.1) is 6.92 Å². The fourth-order valence-corrected chi connectivity index (χ4v) is 2.14. The van der Waals surface area contributed by atoms with Crippen molar-refractivity contribution in [2.24, 2.45) is 0 Å². The number of halogens is 1. The van der Waals surface area contributed by atoms with Crippen LogP contribution in [0.4, 0.5) is 0 Å². The predicted molar refractivity (Wildman–Crippen MR) is 80.3 cm³/mol. The van der Waals surface area contributed by atoms with Gasteiger partial charge in [0.1, 0.15) is 12.4 Å². The molecule has 0 saturated carbocycles. The third kappa shape index (κ3) is 5.01. The van der Waals surface area contributed by atoms with Crippen molar-refractivity contribution < 1.29 is 4.74 Å². The summed E-state index contributed by atoms with van der Waals surface area (Å²) in [6.07, 6.45) is 3.64. The average molecular weight is 321 g/mol. The summed E-state index contributed by atoms with van der Waals surface area (Å²) in [5.74, 6) is 0.922. The Balaban J connectivity index is 1.67. The van der Waals surface area contributed by atoms with E-state index in [0.717, 1.165) is 28.9 Å². The molecule has 0 aliphatic rings. The molecule has 0 atom stereocenters. The minimum atomic E-state index is 0.658. The lowest BCUT2D eigenvalue weighted by molar-refractivity contribution is 0.313. The summed E-state index contributed by atoms with van der Waals surface area (Å²) in [7, 11) is 0. The van der Waals surface area contributed by atoms with Gasteiger partial charge in [0.2, 0.25) is 0 Å². The molecule has 1 heterocycles. The van der Waals surface area contributed by atoms with Gasteiger partial charge in [-0.2, -0.15) is 0 Å². The van der Waals surface area contributed by atoms with E-state index in [1.54, 1.807) is 6.20 Å². The number of hydrogen-bond donors (Lipinski definition) is 1. The van der Waals surface area contributed by atoms with Gasteiger partial charge in [0, 0.05) is 30.0 Å². The largest absolute Gasteiger partial charge is 0.492 e. The van der Waals surface area contributed by atoms with Gasteiger partial charge in [0.25, 0.3) is 0 Å². The third-order valence-corrected chi connectivity index (χ3v) is 3.06. The normalized spacial score (nSPS) is 10.4. The second-order valence-electron chi connectivity index (χ2n) is 4.35. The summed E-state index contributed by atoms with van der Waals surface area (Å²) in [6.45, 7) is 4.32. The topological polar surface area (TPSA) is 34.1 Å². The Kier molecular flexibility index (Phi) is 5.36. The lowest BCUT2D eigenvalue weighted by Crippen LogP contribution is -2.20. The summed E-state index contributed by atoms with van der Waals surface area (Å²) in [6, 6.07) is 10.1. The summed E-state index contributed by atoms with van der Waals surface area (Å²) < 4.78 is 6.66. The Morgan fingerprint density at radius 2 is 2.16 bits per heavy atom. The lowest BCUT2D eigenvalue weighted by atomic mass is 10.2. The minimum Gasteiger partial charge on any atom is -0.492 e. The van der Waals surface area contributed by atoms with E-state index in [4.69, 9.17) is 4.74 Å². The molecule has 2 rings (SSSR count). The molecule has 0 fully saturated rings. The Labute approximate surface area is 122 Å². The Hall–Kier alpha value is -1.39. The molecule has 1 aromatic heterocycles. The van der Waals surface area contributed by atoms with Crippen molar-refractivity contribution in [1.82, 2.24) is 10.3 Å². The second kappa shape index (κ2) is 7.26. The molecule has 100 valence electrons. The van der Waals surface area contributed by atoms with Crippen molar-refractivity contribution in [3.63, 3.8) is 0 Å². The molecule has 0 saturated heterocycles. The first-order chi connectivity index (χ1) is 9.24. The van der Waals surface area contributed by atoms with Gasteiger partial charge in [-0.1, -0.05) is 12.1 Å². The third-order valence-electron chi connectivity index (χ3n) is 2.63. The molecule has 19 heavy (non-hydrogen) atoms. The van der Waals surface area contributed by atoms with E-state index in [9.17, 15) is 0 Å². The van der Waals surface area contributed by atoms with Crippen LogP contribution in [-0.4, -0.2) is 18.1 Å². The maximum absolute atomic E-state index is 5.66. The van der Waals surface area contributed by atoms with Crippen molar-refractivity contribution >= 4 is 15.9 Å². The van der Waals surface area contributed by atoms with Crippen LogP contribution >= 0.6 is 15.9 Å². The van der Waals surface area contributed by atoms with Gasteiger partial charge in [-0.25, -0.2) is 0 Å². The van der Waals surface area contributed by atoms with Crippen LogP contribution in [0.3, 0.4) is 0 Å². The highest BCUT2D eigenvalue weighted by atomic mass is 79.9. The molecule has 3 nitrogen and oxygen atoms in total. The van der Waals surface area contributed by atoms with Crippen LogP contribution in [0.1, 0.15) is 11.1 Å². The van der Waals surface area contributed by atoms with Crippen LogP contribution < -0.4 is 10.1 Å². The number of hydrogen-bond acceptors (Lipinski definition) is 3. The highest BCUT2D eigenvalue weighted by Crippen LogP contribution is 2.12. The van der Waals surface area contributed by atoms with E-state index < -0.39 is 0 Å². The van der Waals surface area contributed by atoms with Crippen LogP contribution in [-0.2, 0) is 6.54 Å². The first-order valence-electron chi connectivity index (χ1n) is 6.23. The van der Waals surface area contributed by atoms with E-state index in [1.165, 1.54) is 5.56 Å². The van der Waals surface area contributed by atoms with Gasteiger partial charge in [-0.3, -0.25) is 4.98 Å². The molecule has 2 aromatic rings. The van der Waals surface area contributed by atoms with Gasteiger partial charge in [-0.15, -0.1) is 0 Å². The Morgan fingerprint density at radius 1 is 1.26 bits per heavy atom. The van der Waals surface area contributed by atoms with Crippen LogP contribution in [0.2, 0.25) is 0 Å². The molecule has 1 N–H and O–H groups in total. The average Bonchev–Trinajstić information content (AvgIpc) is 2.38. The number of aromatic nitrogens is 1. The standard InChI is InChI=1S/C15H17BrN2O/c1-12-3-2-4-15(7-12)19-6-5-17-9-13-8-14(16)11-18-10-13/h2-4,7-8,10-11,17H,5-6,9H2,1H3. The smallest absolute Gasteiger partial charge is 0.119 e. The molecule has 0 spiro atoms. The molecule has 0 unspecified atom stereocenters. The highest BCUT2D eigenvalue weighted by molar-refractivity contribution is 9.10. The molecule has 1 aromatic carbocycles. The summed E-state index contributed by atoms with van der Waals surface area (Å²) in [5.41, 5.74) is 2.37. The molecule has 0 radical (unpaired) electrons. The molecule has 0 amide bonds. The number of nitrogens with zero attached hydrogens (tertiary/aromatic N) is 1. The Morgan fingerprint density at radius 3 is 2.95 bits per heavy atom. The van der Waals surface area contributed by atoms with E-state index in [1.807, 2.05) is 24.4 Å². The second-order valence-corrected chi connectivity index (χ2v) is 5.27. The Bertz CT molecular complexity index is 484. The number of ether oxygens (including phenoxy) is 1. The van der Waals surface area contributed by atoms with Gasteiger partial charge in [0.05, 0.1) is 0 Å². The van der Waals surface area contributed by atoms with Crippen molar-refractivity contribution in [3.8, 4) is 5.75 Å². The highest BCUT2D eigenvalue weighted by Gasteiger charge is 1.96. The van der Waals surface area contributed by atoms with Crippen molar-refractivity contribution in [1.29, 1.82) is 0 Å². The molecule has 0 bridgehead atoms. The van der Waals surface area contributed by atoms with Gasteiger partial charge in [0.15, 0.2) is 0 Å². The van der Waals surface area contributed by atoms with Gasteiger partial charge in [-0.05, 0) is 52.2 Å². The van der Waals surface area contributed by atoms with Crippen molar-refractivity contribution in [2.45, 2.75) is 13.5 Å². The molecular formula is C15H17BrN2O. The zero-order chi connectivity index (χ0) is 13.5. The number of pyridine rings is 1. The van der Waals surface area contributed by atoms with Crippen molar-refractivity contribution in [3.05, 3.63) is 58.3 Å². The van der Waals surface area contributed by atoms with E-state index in [2.05, 4.69) is 45.3 Å². The first-order valence-corrected chi connectivity index (χ1v) is 7.03. The summed E-state index contributed by atoms with van der Waals surface area (Å²) >= 11 is 3.41. The fraction of sp³-hybridized carbons (Fsp3) is 0.267. The maximum atomic E-state index is 5.66. The van der Waals surface area contributed by atoms with Crippen molar-refractivity contribution in [2.75, 3.05) is 13.2 Å². The monoisotopic (exact) mass is 320 g/mol. The van der Waals surface area contributed by atoms with Gasteiger partial charge >= 0.3 is 0 Å². The van der Waals surface area contributed by atoms with E-state index >= 15 is 0 Å². The number of rotatable bonds is 6. The fourth-order valence-electron chi connectivity index (χ4n) is 1.73. The molecule has 0 aliphatic carbocycles. The lowest BCUT2D eigenvalue weighted by Gasteiger charge is -2.08. The zero-order valence-corrected chi connectivity index (χ0v) is 12.5. The summed E-state index contributed by atoms with van der Waals surface area (Å²) in [5, 5.41) is 3.33. The minimum absolute atomic E-state index is 0.658. The number of aryl methyl sites for hydroxylation is 1. The van der Waals surface area contributed by atoms with Crippen LogP contribution in [0.15, 0.2) is 47.2 Å². The summed E-state index contributed by atoms with van der Waals surface area (Å²) in [4.78, 5) is 4.12. The SMILES string of the molecule is Cc1cccc(OCCNCc2cncc(Br)c2)c1. The molecule has 0 aliphatic heterocycles.